The van der Waals surface area contributed by atoms with Gasteiger partial charge in [0.05, 0.1) is 5.60 Å². The lowest BCUT2D eigenvalue weighted by Crippen LogP contribution is -2.40. The summed E-state index contributed by atoms with van der Waals surface area (Å²) in [7, 11) is 3.18. The Morgan fingerprint density at radius 3 is 2.65 bits per heavy atom. The topological polar surface area (TPSA) is 53.2 Å². The van der Waals surface area contributed by atoms with Crippen LogP contribution in [0.1, 0.15) is 25.5 Å². The van der Waals surface area contributed by atoms with Gasteiger partial charge < -0.3 is 9.30 Å². The Bertz CT molecular complexity index is 536. The normalized spacial score (nSPS) is 24.2. The Morgan fingerprint density at radius 2 is 2.06 bits per heavy atom. The van der Waals surface area contributed by atoms with E-state index in [-0.39, 0.29) is 16.9 Å². The molecule has 0 aliphatic carbocycles. The summed E-state index contributed by atoms with van der Waals surface area (Å²) in [6, 6.07) is 1.52. The number of hydrogen-bond acceptors (Lipinski definition) is 3. The first-order valence-corrected chi connectivity index (χ1v) is 5.83. The van der Waals surface area contributed by atoms with Crippen LogP contribution in [0.15, 0.2) is 15.7 Å². The third kappa shape index (κ3) is 2.20. The smallest absolute Gasteiger partial charge is 0.330 e. The quantitative estimate of drug-likeness (QED) is 0.739. The summed E-state index contributed by atoms with van der Waals surface area (Å²) < 4.78 is 8.32. The molecule has 0 amide bonds. The average molecular weight is 238 g/mol. The van der Waals surface area contributed by atoms with E-state index in [9.17, 15) is 9.59 Å². The van der Waals surface area contributed by atoms with Crippen LogP contribution in [0.3, 0.4) is 0 Å². The van der Waals surface area contributed by atoms with E-state index < -0.39 is 0 Å². The van der Waals surface area contributed by atoms with E-state index in [1.165, 1.54) is 17.7 Å². The van der Waals surface area contributed by atoms with E-state index in [2.05, 4.69) is 0 Å². The summed E-state index contributed by atoms with van der Waals surface area (Å²) in [5.41, 5.74) is -0.0439. The molecule has 1 saturated heterocycles. The van der Waals surface area contributed by atoms with Gasteiger partial charge in [-0.15, -0.1) is 0 Å². The molecule has 1 aromatic rings. The second-order valence-electron chi connectivity index (χ2n) is 4.95. The summed E-state index contributed by atoms with van der Waals surface area (Å²) in [6.45, 7) is 2.79. The summed E-state index contributed by atoms with van der Waals surface area (Å²) in [6.07, 6.45) is 2.61. The second kappa shape index (κ2) is 4.14. The molecule has 1 aliphatic rings. The fourth-order valence-corrected chi connectivity index (χ4v) is 2.31. The van der Waals surface area contributed by atoms with Gasteiger partial charge in [0.1, 0.15) is 0 Å². The van der Waals surface area contributed by atoms with Gasteiger partial charge in [0.15, 0.2) is 0 Å². The van der Waals surface area contributed by atoms with Crippen molar-refractivity contribution in [2.24, 2.45) is 14.1 Å². The molecule has 1 unspecified atom stereocenters. The van der Waals surface area contributed by atoms with Crippen LogP contribution in [-0.2, 0) is 25.3 Å². The molecule has 5 heteroatoms. The third-order valence-corrected chi connectivity index (χ3v) is 3.48. The summed E-state index contributed by atoms with van der Waals surface area (Å²) in [5.74, 6) is 0. The van der Waals surface area contributed by atoms with Crippen molar-refractivity contribution in [3.63, 3.8) is 0 Å². The van der Waals surface area contributed by atoms with E-state index in [1.807, 2.05) is 6.92 Å². The van der Waals surface area contributed by atoms with Gasteiger partial charge in [0, 0.05) is 38.9 Å². The number of rotatable bonds is 2. The van der Waals surface area contributed by atoms with Crippen molar-refractivity contribution in [2.45, 2.75) is 31.8 Å². The Morgan fingerprint density at radius 1 is 1.35 bits per heavy atom. The van der Waals surface area contributed by atoms with Crippen LogP contribution in [0, 0.1) is 0 Å². The van der Waals surface area contributed by atoms with E-state index >= 15 is 0 Å². The molecule has 5 nitrogen and oxygen atoms in total. The minimum Gasteiger partial charge on any atom is -0.375 e. The zero-order valence-corrected chi connectivity index (χ0v) is 10.5. The molecule has 2 rings (SSSR count). The van der Waals surface area contributed by atoms with Crippen LogP contribution in [0.25, 0.3) is 0 Å². The second-order valence-corrected chi connectivity index (χ2v) is 4.95. The maximum absolute atomic E-state index is 11.8. The van der Waals surface area contributed by atoms with Crippen molar-refractivity contribution in [1.82, 2.24) is 9.13 Å². The number of nitrogens with zero attached hydrogens (tertiary/aromatic N) is 2. The molecule has 1 fully saturated rings. The van der Waals surface area contributed by atoms with Crippen LogP contribution in [-0.4, -0.2) is 21.3 Å². The molecule has 94 valence electrons. The van der Waals surface area contributed by atoms with Gasteiger partial charge >= 0.3 is 5.69 Å². The maximum Gasteiger partial charge on any atom is 0.330 e. The highest BCUT2D eigenvalue weighted by molar-refractivity contribution is 5.06. The van der Waals surface area contributed by atoms with Crippen LogP contribution in [0.5, 0.6) is 0 Å². The Kier molecular flexibility index (Phi) is 2.95. The molecule has 0 aromatic carbocycles. The van der Waals surface area contributed by atoms with Crippen molar-refractivity contribution < 1.29 is 4.74 Å². The van der Waals surface area contributed by atoms with Crippen LogP contribution in [0.2, 0.25) is 0 Å². The highest BCUT2D eigenvalue weighted by Gasteiger charge is 2.31. The number of aromatic nitrogens is 2. The molecule has 0 radical (unpaired) electrons. The van der Waals surface area contributed by atoms with Gasteiger partial charge in [-0.2, -0.15) is 0 Å². The average Bonchev–Trinajstić information content (AvgIpc) is 2.70. The number of ether oxygens (including phenoxy) is 1. The standard InChI is InChI=1S/C12H18N2O3/c1-12(5-4-6-17-12)8-9-7-10(15)14(3)11(16)13(9)2/h7H,4-6,8H2,1-3H3. The highest BCUT2D eigenvalue weighted by Crippen LogP contribution is 2.28. The van der Waals surface area contributed by atoms with Gasteiger partial charge in [-0.05, 0) is 19.8 Å². The van der Waals surface area contributed by atoms with Crippen molar-refractivity contribution in [1.29, 1.82) is 0 Å². The lowest BCUT2D eigenvalue weighted by Gasteiger charge is -2.24. The molecular formula is C12H18N2O3. The maximum atomic E-state index is 11.8. The molecule has 1 aliphatic heterocycles. The zero-order chi connectivity index (χ0) is 12.6. The summed E-state index contributed by atoms with van der Waals surface area (Å²) >= 11 is 0. The fourth-order valence-electron chi connectivity index (χ4n) is 2.31. The first-order chi connectivity index (χ1) is 7.93. The van der Waals surface area contributed by atoms with Gasteiger partial charge in [0.25, 0.3) is 5.56 Å². The molecule has 0 bridgehead atoms. The molecular weight excluding hydrogens is 220 g/mol. The van der Waals surface area contributed by atoms with E-state index in [4.69, 9.17) is 4.74 Å². The molecule has 1 atom stereocenters. The predicted molar refractivity (Wildman–Crippen MR) is 64.2 cm³/mol. The lowest BCUT2D eigenvalue weighted by molar-refractivity contribution is 0.0192. The molecule has 1 aromatic heterocycles. The van der Waals surface area contributed by atoms with Gasteiger partial charge in [-0.25, -0.2) is 4.79 Å². The van der Waals surface area contributed by atoms with Crippen molar-refractivity contribution in [3.05, 3.63) is 32.6 Å². The lowest BCUT2D eigenvalue weighted by atomic mass is 9.96. The Hall–Kier alpha value is -1.36. The number of hydrogen-bond donors (Lipinski definition) is 0. The minimum absolute atomic E-state index is 0.240. The largest absolute Gasteiger partial charge is 0.375 e. The Balaban J connectivity index is 2.40. The summed E-state index contributed by atoms with van der Waals surface area (Å²) in [4.78, 5) is 23.4. The molecule has 0 saturated carbocycles. The fraction of sp³-hybridized carbons (Fsp3) is 0.667. The van der Waals surface area contributed by atoms with Crippen LogP contribution in [0.4, 0.5) is 0 Å². The van der Waals surface area contributed by atoms with Crippen LogP contribution < -0.4 is 11.2 Å². The third-order valence-electron chi connectivity index (χ3n) is 3.48. The van der Waals surface area contributed by atoms with E-state index in [1.54, 1.807) is 7.05 Å². The predicted octanol–water partition coefficient (Wildman–Crippen LogP) is 0.196. The molecule has 17 heavy (non-hydrogen) atoms. The SMILES string of the molecule is Cn1c(CC2(C)CCCO2)cc(=O)n(C)c1=O. The Labute approximate surface area is 99.6 Å². The first-order valence-electron chi connectivity index (χ1n) is 5.83. The van der Waals surface area contributed by atoms with Gasteiger partial charge in [-0.1, -0.05) is 0 Å². The molecule has 0 N–H and O–H groups in total. The van der Waals surface area contributed by atoms with Crippen molar-refractivity contribution in [3.8, 4) is 0 Å². The highest BCUT2D eigenvalue weighted by atomic mass is 16.5. The monoisotopic (exact) mass is 238 g/mol. The first kappa shape index (κ1) is 12.1. The van der Waals surface area contributed by atoms with E-state index in [0.29, 0.717) is 6.42 Å². The minimum atomic E-state index is -0.283. The zero-order valence-electron chi connectivity index (χ0n) is 10.5. The van der Waals surface area contributed by atoms with Crippen LogP contribution >= 0.6 is 0 Å². The molecule has 0 spiro atoms. The van der Waals surface area contributed by atoms with Crippen molar-refractivity contribution >= 4 is 0 Å². The van der Waals surface area contributed by atoms with Crippen molar-refractivity contribution in [2.75, 3.05) is 6.61 Å². The molecule has 2 heterocycles. The summed E-state index contributed by atoms with van der Waals surface area (Å²) in [5, 5.41) is 0. The van der Waals surface area contributed by atoms with E-state index in [0.717, 1.165) is 29.7 Å². The van der Waals surface area contributed by atoms with Gasteiger partial charge in [-0.3, -0.25) is 9.36 Å². The van der Waals surface area contributed by atoms with Gasteiger partial charge in [0.2, 0.25) is 0 Å².